The molecule has 0 saturated carbocycles. The molecule has 0 aromatic heterocycles. The molecule has 0 aromatic carbocycles. The Morgan fingerprint density at radius 1 is 1.50 bits per heavy atom. The normalized spacial score (nSPS) is 21.9. The molecule has 0 bridgehead atoms. The number of likely N-dealkylation sites (N-methyl/N-ethyl adjacent to an activating group) is 1. The average molecular weight is 199 g/mol. The number of nitrogens with one attached hydrogen (secondary N) is 1. The Labute approximate surface area is 83.6 Å². The van der Waals surface area contributed by atoms with Crippen molar-refractivity contribution in [1.82, 2.24) is 10.2 Å². The first-order valence-electron chi connectivity index (χ1n) is 4.92. The molecular weight excluding hydrogens is 182 g/mol. The molecule has 1 aliphatic rings. The lowest BCUT2D eigenvalue weighted by Crippen LogP contribution is -2.52. The average Bonchev–Trinajstić information content (AvgIpc) is 2.27. The van der Waals surface area contributed by atoms with Crippen LogP contribution in [0.5, 0.6) is 0 Å². The van der Waals surface area contributed by atoms with E-state index in [1.165, 1.54) is 0 Å². The number of piperidine rings is 1. The maximum Gasteiger partial charge on any atom is 0.242 e. The molecule has 14 heavy (non-hydrogen) atoms. The zero-order valence-electron chi connectivity index (χ0n) is 8.45. The first-order valence-corrected chi connectivity index (χ1v) is 4.92. The van der Waals surface area contributed by atoms with Crippen molar-refractivity contribution < 1.29 is 9.59 Å². The summed E-state index contributed by atoms with van der Waals surface area (Å²) in [5.41, 5.74) is 5.28. The topological polar surface area (TPSA) is 75.4 Å². The Bertz CT molecular complexity index is 206. The summed E-state index contributed by atoms with van der Waals surface area (Å²) in [7, 11) is 1.59. The second-order valence-corrected chi connectivity index (χ2v) is 3.42. The van der Waals surface area contributed by atoms with Crippen LogP contribution in [0.25, 0.3) is 0 Å². The fraction of sp³-hybridized carbons (Fsp3) is 0.778. The van der Waals surface area contributed by atoms with Crippen LogP contribution >= 0.6 is 0 Å². The molecule has 5 nitrogen and oxygen atoms in total. The largest absolute Gasteiger partial charge is 0.357 e. The van der Waals surface area contributed by atoms with Gasteiger partial charge in [0.2, 0.25) is 11.8 Å². The first-order chi connectivity index (χ1) is 6.70. The lowest BCUT2D eigenvalue weighted by atomic mass is 10.0. The summed E-state index contributed by atoms with van der Waals surface area (Å²) in [4.78, 5) is 24.5. The molecule has 2 amide bonds. The summed E-state index contributed by atoms with van der Waals surface area (Å²) in [6.45, 7) is 0.627. The van der Waals surface area contributed by atoms with Crippen molar-refractivity contribution in [3.63, 3.8) is 0 Å². The highest BCUT2D eigenvalue weighted by Crippen LogP contribution is 2.16. The Balaban J connectivity index is 2.68. The molecule has 1 rings (SSSR count). The minimum absolute atomic E-state index is 0.0203. The molecule has 1 saturated heterocycles. The monoisotopic (exact) mass is 199 g/mol. The third-order valence-electron chi connectivity index (χ3n) is 2.55. The molecule has 0 aliphatic carbocycles. The molecule has 80 valence electrons. The highest BCUT2D eigenvalue weighted by atomic mass is 16.2. The summed E-state index contributed by atoms with van der Waals surface area (Å²) in [6.07, 6.45) is 2.69. The number of amides is 2. The molecular formula is C9H17N3O2. The SMILES string of the molecule is CNC(=O)C1CCCCN1C(=O)CN. The van der Waals surface area contributed by atoms with E-state index in [-0.39, 0.29) is 24.4 Å². The van der Waals surface area contributed by atoms with Gasteiger partial charge in [0.25, 0.3) is 0 Å². The van der Waals surface area contributed by atoms with Crippen molar-refractivity contribution in [2.75, 3.05) is 20.1 Å². The lowest BCUT2D eigenvalue weighted by molar-refractivity contribution is -0.141. The van der Waals surface area contributed by atoms with Crippen LogP contribution in [-0.4, -0.2) is 42.9 Å². The minimum Gasteiger partial charge on any atom is -0.357 e. The van der Waals surface area contributed by atoms with E-state index in [0.29, 0.717) is 6.54 Å². The fourth-order valence-corrected chi connectivity index (χ4v) is 1.79. The maximum absolute atomic E-state index is 11.5. The van der Waals surface area contributed by atoms with Gasteiger partial charge in [0.15, 0.2) is 0 Å². The number of rotatable bonds is 2. The van der Waals surface area contributed by atoms with Gasteiger partial charge in [0.05, 0.1) is 6.54 Å². The first kappa shape index (κ1) is 11.0. The summed E-state index contributed by atoms with van der Waals surface area (Å²) in [5, 5.41) is 2.57. The van der Waals surface area contributed by atoms with Gasteiger partial charge in [-0.05, 0) is 19.3 Å². The van der Waals surface area contributed by atoms with Gasteiger partial charge >= 0.3 is 0 Å². The molecule has 1 atom stereocenters. The van der Waals surface area contributed by atoms with Crippen molar-refractivity contribution >= 4 is 11.8 Å². The lowest BCUT2D eigenvalue weighted by Gasteiger charge is -2.34. The number of carbonyl (C=O) groups is 2. The van der Waals surface area contributed by atoms with Crippen LogP contribution in [0.3, 0.4) is 0 Å². The molecule has 3 N–H and O–H groups in total. The molecule has 1 heterocycles. The molecule has 1 aliphatic heterocycles. The third-order valence-corrected chi connectivity index (χ3v) is 2.55. The van der Waals surface area contributed by atoms with Crippen molar-refractivity contribution in [3.05, 3.63) is 0 Å². The zero-order chi connectivity index (χ0) is 10.6. The van der Waals surface area contributed by atoms with Crippen LogP contribution in [0.1, 0.15) is 19.3 Å². The fourth-order valence-electron chi connectivity index (χ4n) is 1.79. The second-order valence-electron chi connectivity index (χ2n) is 3.42. The number of nitrogens with two attached hydrogens (primary N) is 1. The summed E-state index contributed by atoms with van der Waals surface area (Å²) in [6, 6.07) is -0.315. The van der Waals surface area contributed by atoms with Crippen LogP contribution in [-0.2, 0) is 9.59 Å². The van der Waals surface area contributed by atoms with E-state index < -0.39 is 0 Å². The molecule has 0 radical (unpaired) electrons. The molecule has 1 unspecified atom stereocenters. The van der Waals surface area contributed by atoms with Gasteiger partial charge < -0.3 is 16.0 Å². The highest BCUT2D eigenvalue weighted by molar-refractivity contribution is 5.88. The van der Waals surface area contributed by atoms with Gasteiger partial charge in [0.1, 0.15) is 6.04 Å². The van der Waals surface area contributed by atoms with E-state index in [4.69, 9.17) is 5.73 Å². The van der Waals surface area contributed by atoms with Gasteiger partial charge in [-0.2, -0.15) is 0 Å². The number of likely N-dealkylation sites (tertiary alicyclic amines) is 1. The van der Waals surface area contributed by atoms with Gasteiger partial charge in [-0.25, -0.2) is 0 Å². The van der Waals surface area contributed by atoms with E-state index >= 15 is 0 Å². The van der Waals surface area contributed by atoms with Crippen LogP contribution < -0.4 is 11.1 Å². The van der Waals surface area contributed by atoms with E-state index in [1.807, 2.05) is 0 Å². The van der Waals surface area contributed by atoms with E-state index in [2.05, 4.69) is 5.32 Å². The molecule has 5 heteroatoms. The number of carbonyl (C=O) groups excluding carboxylic acids is 2. The molecule has 0 aromatic rings. The summed E-state index contributed by atoms with van der Waals surface area (Å²) in [5.74, 6) is -0.232. The van der Waals surface area contributed by atoms with Crippen LogP contribution in [0, 0.1) is 0 Å². The smallest absolute Gasteiger partial charge is 0.242 e. The zero-order valence-corrected chi connectivity index (χ0v) is 8.45. The van der Waals surface area contributed by atoms with Gasteiger partial charge in [-0.1, -0.05) is 0 Å². The van der Waals surface area contributed by atoms with Gasteiger partial charge in [-0.15, -0.1) is 0 Å². The van der Waals surface area contributed by atoms with Crippen molar-refractivity contribution in [2.45, 2.75) is 25.3 Å². The predicted octanol–water partition coefficient (Wildman–Crippen LogP) is -0.928. The number of hydrogen-bond acceptors (Lipinski definition) is 3. The standard InChI is InChI=1S/C9H17N3O2/c1-11-9(14)7-4-2-3-5-12(7)8(13)6-10/h7H,2-6,10H2,1H3,(H,11,14). The molecule has 1 fully saturated rings. The molecule has 0 spiro atoms. The second kappa shape index (κ2) is 4.95. The maximum atomic E-state index is 11.5. The third kappa shape index (κ3) is 2.23. The quantitative estimate of drug-likeness (QED) is 0.603. The predicted molar refractivity (Wildman–Crippen MR) is 52.5 cm³/mol. The number of hydrogen-bond donors (Lipinski definition) is 2. The minimum atomic E-state index is -0.315. The van der Waals surface area contributed by atoms with E-state index in [0.717, 1.165) is 19.3 Å². The Kier molecular flexibility index (Phi) is 3.88. The summed E-state index contributed by atoms with van der Waals surface area (Å²) < 4.78 is 0. The van der Waals surface area contributed by atoms with E-state index in [9.17, 15) is 9.59 Å². The van der Waals surface area contributed by atoms with Crippen LogP contribution in [0.4, 0.5) is 0 Å². The van der Waals surface area contributed by atoms with Crippen molar-refractivity contribution in [2.24, 2.45) is 5.73 Å². The van der Waals surface area contributed by atoms with Gasteiger partial charge in [0, 0.05) is 13.6 Å². The van der Waals surface area contributed by atoms with Crippen LogP contribution in [0.15, 0.2) is 0 Å². The highest BCUT2D eigenvalue weighted by Gasteiger charge is 2.30. The Morgan fingerprint density at radius 3 is 2.79 bits per heavy atom. The summed E-state index contributed by atoms with van der Waals surface area (Å²) >= 11 is 0. The van der Waals surface area contributed by atoms with Crippen molar-refractivity contribution in [1.29, 1.82) is 0 Å². The Hall–Kier alpha value is -1.10. The van der Waals surface area contributed by atoms with Crippen molar-refractivity contribution in [3.8, 4) is 0 Å². The Morgan fingerprint density at radius 2 is 2.21 bits per heavy atom. The number of nitrogens with zero attached hydrogens (tertiary/aromatic N) is 1. The van der Waals surface area contributed by atoms with Crippen LogP contribution in [0.2, 0.25) is 0 Å². The van der Waals surface area contributed by atoms with E-state index in [1.54, 1.807) is 11.9 Å². The van der Waals surface area contributed by atoms with Gasteiger partial charge in [-0.3, -0.25) is 9.59 Å².